The van der Waals surface area contributed by atoms with Gasteiger partial charge in [0.2, 0.25) is 0 Å². The first-order valence-corrected chi connectivity index (χ1v) is 6.75. The van der Waals surface area contributed by atoms with Crippen molar-refractivity contribution in [2.45, 2.75) is 6.92 Å². The first-order valence-electron chi connectivity index (χ1n) is 6.75. The van der Waals surface area contributed by atoms with Crippen LogP contribution in [0, 0.1) is 6.92 Å². The third-order valence-corrected chi connectivity index (χ3v) is 3.53. The maximum absolute atomic E-state index is 6.09. The fraction of sp³-hybridized carbons (Fsp3) is 0.167. The topological polar surface area (TPSA) is 14.5 Å². The van der Waals surface area contributed by atoms with E-state index in [0.29, 0.717) is 0 Å². The van der Waals surface area contributed by atoms with E-state index in [0.717, 1.165) is 28.0 Å². The van der Waals surface area contributed by atoms with Gasteiger partial charge in [-0.25, -0.2) is 4.42 Å². The van der Waals surface area contributed by atoms with Gasteiger partial charge in [-0.2, -0.15) is 0 Å². The van der Waals surface area contributed by atoms with E-state index < -0.39 is 0 Å². The summed E-state index contributed by atoms with van der Waals surface area (Å²) in [7, 11) is 4.07. The number of nitrogens with zero attached hydrogens (tertiary/aromatic N) is 1. The van der Waals surface area contributed by atoms with Crippen molar-refractivity contribution in [1.82, 2.24) is 0 Å². The SMILES string of the molecule is Cc1cc(-c2ccccc2)[o+]c2cc(N(C)C)ccc12.[Cl-]. The van der Waals surface area contributed by atoms with Gasteiger partial charge < -0.3 is 17.3 Å². The summed E-state index contributed by atoms with van der Waals surface area (Å²) in [5, 5.41) is 1.16. The molecule has 3 aromatic rings. The predicted octanol–water partition coefficient (Wildman–Crippen LogP) is 1.76. The number of aryl methyl sites for hydroxylation is 1. The van der Waals surface area contributed by atoms with Crippen LogP contribution in [0.3, 0.4) is 0 Å². The molecule has 0 aliphatic carbocycles. The number of halogens is 1. The molecule has 0 fully saturated rings. The number of fused-ring (bicyclic) bond motifs is 1. The zero-order chi connectivity index (χ0) is 14.1. The van der Waals surface area contributed by atoms with E-state index in [1.807, 2.05) is 32.3 Å². The number of rotatable bonds is 2. The zero-order valence-electron chi connectivity index (χ0n) is 12.4. The van der Waals surface area contributed by atoms with Crippen molar-refractivity contribution >= 4 is 16.7 Å². The minimum atomic E-state index is 0. The van der Waals surface area contributed by atoms with Crippen molar-refractivity contribution in [3.63, 3.8) is 0 Å². The average Bonchev–Trinajstić information content (AvgIpc) is 2.47. The molecule has 1 aromatic heterocycles. The molecule has 0 radical (unpaired) electrons. The second kappa shape index (κ2) is 6.15. The smallest absolute Gasteiger partial charge is 0.363 e. The van der Waals surface area contributed by atoms with Crippen LogP contribution in [-0.4, -0.2) is 14.1 Å². The highest BCUT2D eigenvalue weighted by Gasteiger charge is 2.17. The summed E-state index contributed by atoms with van der Waals surface area (Å²) in [6.45, 7) is 2.12. The van der Waals surface area contributed by atoms with Gasteiger partial charge in [0.1, 0.15) is 0 Å². The molecular weight excluding hydrogens is 282 g/mol. The maximum Gasteiger partial charge on any atom is 0.363 e. The maximum atomic E-state index is 6.09. The molecule has 0 aliphatic heterocycles. The molecule has 0 bridgehead atoms. The van der Waals surface area contributed by atoms with Crippen LogP contribution in [0.2, 0.25) is 0 Å². The molecule has 0 N–H and O–H groups in total. The Bertz CT molecular complexity index is 754. The highest BCUT2D eigenvalue weighted by molar-refractivity contribution is 5.85. The molecule has 1 heterocycles. The van der Waals surface area contributed by atoms with Crippen LogP contribution in [0.5, 0.6) is 0 Å². The van der Waals surface area contributed by atoms with Crippen molar-refractivity contribution in [2.75, 3.05) is 19.0 Å². The quantitative estimate of drug-likeness (QED) is 0.670. The molecule has 0 aliphatic rings. The minimum Gasteiger partial charge on any atom is -1.00 e. The summed E-state index contributed by atoms with van der Waals surface area (Å²) >= 11 is 0. The summed E-state index contributed by atoms with van der Waals surface area (Å²) in [4.78, 5) is 2.08. The zero-order valence-corrected chi connectivity index (χ0v) is 13.2. The molecule has 2 aromatic carbocycles. The van der Waals surface area contributed by atoms with Gasteiger partial charge in [0, 0.05) is 25.8 Å². The van der Waals surface area contributed by atoms with Gasteiger partial charge in [-0.05, 0) is 36.8 Å². The molecule has 21 heavy (non-hydrogen) atoms. The van der Waals surface area contributed by atoms with Gasteiger partial charge in [0.05, 0.1) is 17.0 Å². The standard InChI is InChI=1S/C18H18NO.ClH/c1-13-11-17(14-7-5-4-6-8-14)20-18-12-15(19(2)3)9-10-16(13)18;/h4-12H,1-3H3;1H/q+1;/p-1. The van der Waals surface area contributed by atoms with Gasteiger partial charge in [0.15, 0.2) is 0 Å². The summed E-state index contributed by atoms with van der Waals surface area (Å²) in [6.07, 6.45) is 0. The van der Waals surface area contributed by atoms with Crippen LogP contribution in [0.15, 0.2) is 59.0 Å². The summed E-state index contributed by atoms with van der Waals surface area (Å²) in [6, 6.07) is 18.6. The molecule has 0 saturated heterocycles. The van der Waals surface area contributed by atoms with Gasteiger partial charge in [-0.1, -0.05) is 18.2 Å². The molecular formula is C18H18ClNO. The van der Waals surface area contributed by atoms with Crippen molar-refractivity contribution < 1.29 is 16.8 Å². The Balaban J connectivity index is 0.00000161. The number of hydrogen-bond donors (Lipinski definition) is 0. The third kappa shape index (κ3) is 3.01. The molecule has 0 saturated carbocycles. The highest BCUT2D eigenvalue weighted by Crippen LogP contribution is 2.29. The average molecular weight is 300 g/mol. The van der Waals surface area contributed by atoms with Crippen molar-refractivity contribution in [2.24, 2.45) is 0 Å². The van der Waals surface area contributed by atoms with Crippen LogP contribution < -0.4 is 17.3 Å². The molecule has 2 nitrogen and oxygen atoms in total. The molecule has 0 amide bonds. The summed E-state index contributed by atoms with van der Waals surface area (Å²) < 4.78 is 6.09. The lowest BCUT2D eigenvalue weighted by atomic mass is 10.1. The first kappa shape index (κ1) is 15.3. The van der Waals surface area contributed by atoms with E-state index in [-0.39, 0.29) is 12.4 Å². The Morgan fingerprint density at radius 1 is 0.905 bits per heavy atom. The summed E-state index contributed by atoms with van der Waals surface area (Å²) in [5.41, 5.74) is 4.41. The minimum absolute atomic E-state index is 0. The van der Waals surface area contributed by atoms with E-state index in [4.69, 9.17) is 4.42 Å². The number of benzene rings is 2. The van der Waals surface area contributed by atoms with Crippen molar-refractivity contribution in [3.05, 3.63) is 60.2 Å². The number of anilines is 1. The van der Waals surface area contributed by atoms with Crippen molar-refractivity contribution in [3.8, 4) is 11.3 Å². The first-order chi connectivity index (χ1) is 9.65. The Kier molecular flexibility index (Phi) is 4.49. The van der Waals surface area contributed by atoms with Crippen molar-refractivity contribution in [1.29, 1.82) is 0 Å². The Morgan fingerprint density at radius 3 is 2.29 bits per heavy atom. The molecule has 3 rings (SSSR count). The van der Waals surface area contributed by atoms with Crippen LogP contribution in [0.4, 0.5) is 5.69 Å². The molecule has 108 valence electrons. The fourth-order valence-corrected chi connectivity index (χ4v) is 2.37. The van der Waals surface area contributed by atoms with E-state index >= 15 is 0 Å². The van der Waals surface area contributed by atoms with Crippen LogP contribution in [0.1, 0.15) is 5.56 Å². The van der Waals surface area contributed by atoms with Gasteiger partial charge in [-0.3, -0.25) is 0 Å². The largest absolute Gasteiger partial charge is 1.00 e. The Hall–Kier alpha value is -2.06. The monoisotopic (exact) mass is 299 g/mol. The van der Waals surface area contributed by atoms with Crippen LogP contribution >= 0.6 is 0 Å². The Labute approximate surface area is 131 Å². The lowest BCUT2D eigenvalue weighted by Crippen LogP contribution is -3.00. The summed E-state index contributed by atoms with van der Waals surface area (Å²) in [5.74, 6) is 0.909. The third-order valence-electron chi connectivity index (χ3n) is 3.53. The second-order valence-electron chi connectivity index (χ2n) is 5.23. The highest BCUT2D eigenvalue weighted by atomic mass is 35.5. The second-order valence-corrected chi connectivity index (χ2v) is 5.23. The normalized spacial score (nSPS) is 10.2. The van der Waals surface area contributed by atoms with Gasteiger partial charge >= 0.3 is 11.3 Å². The predicted molar refractivity (Wildman–Crippen MR) is 85.1 cm³/mol. The number of hydrogen-bond acceptors (Lipinski definition) is 1. The molecule has 0 atom stereocenters. The van der Waals surface area contributed by atoms with Crippen LogP contribution in [0.25, 0.3) is 22.3 Å². The van der Waals surface area contributed by atoms with Gasteiger partial charge in [-0.15, -0.1) is 0 Å². The Morgan fingerprint density at radius 2 is 1.62 bits per heavy atom. The van der Waals surface area contributed by atoms with E-state index in [1.54, 1.807) is 0 Å². The lowest BCUT2D eigenvalue weighted by molar-refractivity contribution is -0.00000458. The van der Waals surface area contributed by atoms with Crippen LogP contribution in [-0.2, 0) is 0 Å². The molecule has 0 unspecified atom stereocenters. The van der Waals surface area contributed by atoms with E-state index in [1.165, 1.54) is 5.56 Å². The molecule has 3 heteroatoms. The van der Waals surface area contributed by atoms with E-state index in [2.05, 4.69) is 48.2 Å². The van der Waals surface area contributed by atoms with E-state index in [9.17, 15) is 0 Å². The lowest BCUT2D eigenvalue weighted by Gasteiger charge is -2.10. The molecule has 0 spiro atoms. The van der Waals surface area contributed by atoms with Gasteiger partial charge in [0.25, 0.3) is 0 Å². The fourth-order valence-electron chi connectivity index (χ4n) is 2.37.